The zero-order chi connectivity index (χ0) is 9.84. The fourth-order valence-corrected chi connectivity index (χ4v) is 1.24. The Morgan fingerprint density at radius 1 is 1.62 bits per heavy atom. The fraction of sp³-hybridized carbons (Fsp3) is 0.250. The van der Waals surface area contributed by atoms with E-state index in [2.05, 4.69) is 12.6 Å². The standard InChI is InChI=1S/C8H9NO3S/c1-12-8-4-7(9(10)11)3-2-6(8)5-13/h2-4,13H,5H2,1H3. The van der Waals surface area contributed by atoms with E-state index in [4.69, 9.17) is 4.74 Å². The third-order valence-electron chi connectivity index (χ3n) is 1.65. The molecule has 0 unspecified atom stereocenters. The predicted molar refractivity (Wildman–Crippen MR) is 52.3 cm³/mol. The minimum absolute atomic E-state index is 0.0300. The molecule has 0 aliphatic carbocycles. The van der Waals surface area contributed by atoms with Crippen LogP contribution in [0.15, 0.2) is 18.2 Å². The number of rotatable bonds is 3. The van der Waals surface area contributed by atoms with Gasteiger partial charge in [0.1, 0.15) is 5.75 Å². The smallest absolute Gasteiger partial charge is 0.273 e. The molecular formula is C8H9NO3S. The molecule has 1 rings (SSSR count). The summed E-state index contributed by atoms with van der Waals surface area (Å²) in [4.78, 5) is 9.95. The number of hydrogen-bond acceptors (Lipinski definition) is 4. The highest BCUT2D eigenvalue weighted by atomic mass is 32.1. The Kier molecular flexibility index (Phi) is 3.13. The number of ether oxygens (including phenoxy) is 1. The third kappa shape index (κ3) is 2.12. The van der Waals surface area contributed by atoms with Crippen molar-refractivity contribution in [3.05, 3.63) is 33.9 Å². The van der Waals surface area contributed by atoms with Crippen LogP contribution in [-0.4, -0.2) is 12.0 Å². The van der Waals surface area contributed by atoms with E-state index in [1.54, 1.807) is 6.07 Å². The molecule has 0 aliphatic heterocycles. The molecule has 0 spiro atoms. The number of nitro groups is 1. The van der Waals surface area contributed by atoms with Crippen molar-refractivity contribution in [1.82, 2.24) is 0 Å². The van der Waals surface area contributed by atoms with Crippen LogP contribution in [0.3, 0.4) is 0 Å². The summed E-state index contributed by atoms with van der Waals surface area (Å²) in [6, 6.07) is 4.48. The first-order valence-electron chi connectivity index (χ1n) is 3.61. The van der Waals surface area contributed by atoms with Gasteiger partial charge in [-0.1, -0.05) is 0 Å². The Hall–Kier alpha value is -1.23. The van der Waals surface area contributed by atoms with Gasteiger partial charge in [0.2, 0.25) is 0 Å². The number of benzene rings is 1. The van der Waals surface area contributed by atoms with Crippen molar-refractivity contribution in [2.75, 3.05) is 7.11 Å². The van der Waals surface area contributed by atoms with Crippen molar-refractivity contribution >= 4 is 18.3 Å². The first-order chi connectivity index (χ1) is 6.19. The molecule has 0 amide bonds. The second-order valence-electron chi connectivity index (χ2n) is 2.41. The molecule has 0 aliphatic rings. The van der Waals surface area contributed by atoms with Crippen LogP contribution in [0.4, 0.5) is 5.69 Å². The van der Waals surface area contributed by atoms with E-state index in [1.807, 2.05) is 0 Å². The van der Waals surface area contributed by atoms with Crippen molar-refractivity contribution in [1.29, 1.82) is 0 Å². The molecule has 1 aromatic carbocycles. The lowest BCUT2D eigenvalue weighted by molar-refractivity contribution is -0.384. The Bertz CT molecular complexity index is 327. The Morgan fingerprint density at radius 3 is 2.77 bits per heavy atom. The van der Waals surface area contributed by atoms with Crippen LogP contribution in [0.2, 0.25) is 0 Å². The van der Waals surface area contributed by atoms with Gasteiger partial charge in [-0.25, -0.2) is 0 Å². The summed E-state index contributed by atoms with van der Waals surface area (Å²) in [5, 5.41) is 10.4. The SMILES string of the molecule is COc1cc([N+](=O)[O-])ccc1CS. The summed E-state index contributed by atoms with van der Waals surface area (Å²) < 4.78 is 4.97. The Morgan fingerprint density at radius 2 is 2.31 bits per heavy atom. The maximum absolute atomic E-state index is 10.4. The fourth-order valence-electron chi connectivity index (χ4n) is 0.977. The maximum Gasteiger partial charge on any atom is 0.273 e. The highest BCUT2D eigenvalue weighted by molar-refractivity contribution is 7.79. The molecule has 70 valence electrons. The molecule has 0 fully saturated rings. The van der Waals surface area contributed by atoms with Gasteiger partial charge in [0.15, 0.2) is 0 Å². The monoisotopic (exact) mass is 199 g/mol. The lowest BCUT2D eigenvalue weighted by atomic mass is 10.2. The molecule has 13 heavy (non-hydrogen) atoms. The van der Waals surface area contributed by atoms with Gasteiger partial charge in [0, 0.05) is 17.4 Å². The van der Waals surface area contributed by atoms with Crippen molar-refractivity contribution in [3.63, 3.8) is 0 Å². The van der Waals surface area contributed by atoms with Gasteiger partial charge in [-0.15, -0.1) is 0 Å². The van der Waals surface area contributed by atoms with E-state index in [0.29, 0.717) is 11.5 Å². The minimum Gasteiger partial charge on any atom is -0.496 e. The summed E-state index contributed by atoms with van der Waals surface area (Å²) in [7, 11) is 1.48. The van der Waals surface area contributed by atoms with Crippen LogP contribution in [0.25, 0.3) is 0 Å². The zero-order valence-electron chi connectivity index (χ0n) is 7.06. The van der Waals surface area contributed by atoms with E-state index in [9.17, 15) is 10.1 Å². The van der Waals surface area contributed by atoms with Crippen LogP contribution in [0.5, 0.6) is 5.75 Å². The average molecular weight is 199 g/mol. The molecule has 0 N–H and O–H groups in total. The summed E-state index contributed by atoms with van der Waals surface area (Å²) >= 11 is 4.07. The highest BCUT2D eigenvalue weighted by Crippen LogP contribution is 2.25. The van der Waals surface area contributed by atoms with Crippen LogP contribution >= 0.6 is 12.6 Å². The average Bonchev–Trinajstić information content (AvgIpc) is 2.16. The van der Waals surface area contributed by atoms with Crippen LogP contribution in [0, 0.1) is 10.1 Å². The van der Waals surface area contributed by atoms with Crippen molar-refractivity contribution in [2.45, 2.75) is 5.75 Å². The highest BCUT2D eigenvalue weighted by Gasteiger charge is 2.09. The number of nitrogens with zero attached hydrogens (tertiary/aromatic N) is 1. The van der Waals surface area contributed by atoms with Gasteiger partial charge >= 0.3 is 0 Å². The summed E-state index contributed by atoms with van der Waals surface area (Å²) in [6.07, 6.45) is 0. The van der Waals surface area contributed by atoms with E-state index >= 15 is 0 Å². The molecule has 0 aromatic heterocycles. The lowest BCUT2D eigenvalue weighted by Crippen LogP contribution is -1.93. The largest absolute Gasteiger partial charge is 0.496 e. The summed E-state index contributed by atoms with van der Waals surface area (Å²) in [6.45, 7) is 0. The maximum atomic E-state index is 10.4. The quantitative estimate of drug-likeness (QED) is 0.460. The molecule has 0 radical (unpaired) electrons. The Labute approximate surface area is 81.1 Å². The van der Waals surface area contributed by atoms with Crippen molar-refractivity contribution in [2.24, 2.45) is 0 Å². The molecule has 0 saturated carbocycles. The molecular weight excluding hydrogens is 190 g/mol. The van der Waals surface area contributed by atoms with Crippen LogP contribution in [0.1, 0.15) is 5.56 Å². The first kappa shape index (κ1) is 9.85. The van der Waals surface area contributed by atoms with Gasteiger partial charge in [0.05, 0.1) is 18.1 Å². The number of thiol groups is 1. The zero-order valence-corrected chi connectivity index (χ0v) is 7.95. The van der Waals surface area contributed by atoms with Gasteiger partial charge in [-0.05, 0) is 6.07 Å². The third-order valence-corrected chi connectivity index (χ3v) is 1.99. The van der Waals surface area contributed by atoms with Gasteiger partial charge in [0.25, 0.3) is 5.69 Å². The van der Waals surface area contributed by atoms with Gasteiger partial charge in [-0.3, -0.25) is 10.1 Å². The van der Waals surface area contributed by atoms with Crippen molar-refractivity contribution < 1.29 is 9.66 Å². The molecule has 4 nitrogen and oxygen atoms in total. The number of non-ortho nitro benzene ring substituents is 1. The van der Waals surface area contributed by atoms with Crippen molar-refractivity contribution in [3.8, 4) is 5.75 Å². The van der Waals surface area contributed by atoms with E-state index in [0.717, 1.165) is 5.56 Å². The molecule has 0 bridgehead atoms. The first-order valence-corrected chi connectivity index (χ1v) is 4.24. The van der Waals surface area contributed by atoms with E-state index < -0.39 is 4.92 Å². The van der Waals surface area contributed by atoms with Crippen LogP contribution < -0.4 is 4.74 Å². The van der Waals surface area contributed by atoms with Gasteiger partial charge in [-0.2, -0.15) is 12.6 Å². The second-order valence-corrected chi connectivity index (χ2v) is 2.73. The Balaban J connectivity index is 3.13. The van der Waals surface area contributed by atoms with Gasteiger partial charge < -0.3 is 4.74 Å². The molecule has 0 atom stereocenters. The predicted octanol–water partition coefficient (Wildman–Crippen LogP) is 2.03. The number of nitro benzene ring substituents is 1. The number of hydrogen-bond donors (Lipinski definition) is 1. The molecule has 1 aromatic rings. The summed E-state index contributed by atoms with van der Waals surface area (Å²) in [5.41, 5.74) is 0.874. The normalized spacial score (nSPS) is 9.69. The van der Waals surface area contributed by atoms with E-state index in [1.165, 1.54) is 19.2 Å². The molecule has 0 heterocycles. The molecule has 0 saturated heterocycles. The van der Waals surface area contributed by atoms with E-state index in [-0.39, 0.29) is 5.69 Å². The minimum atomic E-state index is -0.454. The lowest BCUT2D eigenvalue weighted by Gasteiger charge is -2.04. The number of methoxy groups -OCH3 is 1. The topological polar surface area (TPSA) is 52.4 Å². The summed E-state index contributed by atoms with van der Waals surface area (Å²) in [5.74, 6) is 1.01. The van der Waals surface area contributed by atoms with Crippen LogP contribution in [-0.2, 0) is 5.75 Å². The molecule has 5 heteroatoms. The second kappa shape index (κ2) is 4.13.